The summed E-state index contributed by atoms with van der Waals surface area (Å²) in [7, 11) is 0. The lowest BCUT2D eigenvalue weighted by Gasteiger charge is -2.36. The third kappa shape index (κ3) is 3.42. The van der Waals surface area contributed by atoms with Gasteiger partial charge < -0.3 is 15.2 Å². The van der Waals surface area contributed by atoms with Gasteiger partial charge in [-0.3, -0.25) is 0 Å². The number of carbonyl (C=O) groups excluding carboxylic acids is 1. The second-order valence-corrected chi connectivity index (χ2v) is 7.51. The number of benzene rings is 3. The highest BCUT2D eigenvalue weighted by atomic mass is 19.1. The Morgan fingerprint density at radius 3 is 2.48 bits per heavy atom. The van der Waals surface area contributed by atoms with Gasteiger partial charge in [0.25, 0.3) is 0 Å². The van der Waals surface area contributed by atoms with Crippen LogP contribution in [0.15, 0.2) is 66.7 Å². The van der Waals surface area contributed by atoms with Crippen LogP contribution in [0.3, 0.4) is 0 Å². The largest absolute Gasteiger partial charge is 0.356 e. The molecule has 0 bridgehead atoms. The van der Waals surface area contributed by atoms with Crippen LogP contribution in [0.1, 0.15) is 22.9 Å². The van der Waals surface area contributed by atoms with Gasteiger partial charge in [-0.05, 0) is 47.9 Å². The van der Waals surface area contributed by atoms with Crippen molar-refractivity contribution in [3.05, 3.63) is 101 Å². The summed E-state index contributed by atoms with van der Waals surface area (Å²) in [5.74, 6) is -1.95. The van der Waals surface area contributed by atoms with Crippen LogP contribution in [0.2, 0.25) is 0 Å². The highest BCUT2D eigenvalue weighted by molar-refractivity contribution is 5.91. The van der Waals surface area contributed by atoms with Crippen molar-refractivity contribution in [1.82, 2.24) is 9.88 Å². The van der Waals surface area contributed by atoms with E-state index in [0.717, 1.165) is 39.9 Å². The first kappa shape index (κ1) is 19.2. The normalized spacial score (nSPS) is 15.7. The third-order valence-corrected chi connectivity index (χ3v) is 5.65. The lowest BCUT2D eigenvalue weighted by molar-refractivity contribution is 0.193. The number of rotatable bonds is 2. The highest BCUT2D eigenvalue weighted by Crippen LogP contribution is 2.38. The molecule has 7 heteroatoms. The van der Waals surface area contributed by atoms with Crippen molar-refractivity contribution in [3.63, 3.8) is 0 Å². The zero-order valence-corrected chi connectivity index (χ0v) is 16.3. The van der Waals surface area contributed by atoms with Crippen LogP contribution >= 0.6 is 0 Å². The number of hydrogen-bond donors (Lipinski definition) is 2. The molecular formula is C24H18F3N3O. The van der Waals surface area contributed by atoms with E-state index in [1.807, 2.05) is 24.3 Å². The number of anilines is 1. The van der Waals surface area contributed by atoms with Crippen LogP contribution < -0.4 is 5.32 Å². The van der Waals surface area contributed by atoms with E-state index in [0.29, 0.717) is 13.0 Å². The fraction of sp³-hybridized carbons (Fsp3) is 0.125. The van der Waals surface area contributed by atoms with Crippen molar-refractivity contribution >= 4 is 22.6 Å². The summed E-state index contributed by atoms with van der Waals surface area (Å²) in [6.07, 6.45) is 0.608. The van der Waals surface area contributed by atoms with Crippen molar-refractivity contribution in [2.24, 2.45) is 0 Å². The standard InChI is InChI=1S/C24H18F3N3O/c25-15-7-5-14(6-8-15)23-22-18(17-3-1-2-4-20(17)28-22)11-12-30(23)24(31)29-21-10-9-16(26)13-19(21)27/h1-10,13,23,28H,11-12H2,(H,29,31)/t23-/m0/s1. The molecule has 0 fully saturated rings. The third-order valence-electron chi connectivity index (χ3n) is 5.65. The lowest BCUT2D eigenvalue weighted by atomic mass is 9.92. The Morgan fingerprint density at radius 1 is 0.968 bits per heavy atom. The van der Waals surface area contributed by atoms with E-state index in [1.54, 1.807) is 17.0 Å². The predicted octanol–water partition coefficient (Wildman–Crippen LogP) is 5.76. The molecule has 4 nitrogen and oxygen atoms in total. The van der Waals surface area contributed by atoms with Gasteiger partial charge in [-0.15, -0.1) is 0 Å². The van der Waals surface area contributed by atoms with E-state index >= 15 is 0 Å². The number of aromatic amines is 1. The molecule has 2 amide bonds. The first-order valence-electron chi connectivity index (χ1n) is 9.89. The van der Waals surface area contributed by atoms with Crippen molar-refractivity contribution in [2.45, 2.75) is 12.5 Å². The number of halogens is 3. The number of nitrogens with one attached hydrogen (secondary N) is 2. The second-order valence-electron chi connectivity index (χ2n) is 7.51. The number of para-hydroxylation sites is 1. The van der Waals surface area contributed by atoms with Crippen LogP contribution in [0.25, 0.3) is 10.9 Å². The van der Waals surface area contributed by atoms with E-state index in [9.17, 15) is 18.0 Å². The minimum Gasteiger partial charge on any atom is -0.356 e. The second kappa shape index (κ2) is 7.50. The number of carbonyl (C=O) groups is 1. The summed E-state index contributed by atoms with van der Waals surface area (Å²) in [4.78, 5) is 18.1. The molecule has 0 spiro atoms. The lowest BCUT2D eigenvalue weighted by Crippen LogP contribution is -2.43. The molecule has 1 aromatic heterocycles. The molecule has 0 saturated heterocycles. The number of aromatic nitrogens is 1. The summed E-state index contributed by atoms with van der Waals surface area (Å²) in [6, 6.07) is 15.8. The van der Waals surface area contributed by atoms with E-state index in [1.165, 1.54) is 18.2 Å². The average molecular weight is 421 g/mol. The number of hydrogen-bond acceptors (Lipinski definition) is 1. The minimum absolute atomic E-state index is 0.105. The molecule has 156 valence electrons. The summed E-state index contributed by atoms with van der Waals surface area (Å²) in [5.41, 5.74) is 3.51. The number of nitrogens with zero attached hydrogens (tertiary/aromatic N) is 1. The zero-order valence-electron chi connectivity index (χ0n) is 16.3. The number of amides is 2. The van der Waals surface area contributed by atoms with Crippen molar-refractivity contribution in [2.75, 3.05) is 11.9 Å². The van der Waals surface area contributed by atoms with Crippen LogP contribution in [0.5, 0.6) is 0 Å². The molecule has 1 atom stereocenters. The van der Waals surface area contributed by atoms with Crippen LogP contribution in [-0.2, 0) is 6.42 Å². The van der Waals surface area contributed by atoms with Crippen LogP contribution in [0, 0.1) is 17.5 Å². The zero-order chi connectivity index (χ0) is 21.5. The summed E-state index contributed by atoms with van der Waals surface area (Å²) >= 11 is 0. The van der Waals surface area contributed by atoms with E-state index in [4.69, 9.17) is 0 Å². The Bertz CT molecular complexity index is 1280. The molecule has 0 aliphatic carbocycles. The van der Waals surface area contributed by atoms with Gasteiger partial charge in [0, 0.05) is 29.2 Å². The molecular weight excluding hydrogens is 403 g/mol. The van der Waals surface area contributed by atoms with Gasteiger partial charge in [-0.25, -0.2) is 18.0 Å². The maximum atomic E-state index is 14.1. The first-order valence-corrected chi connectivity index (χ1v) is 9.89. The molecule has 3 aromatic carbocycles. The van der Waals surface area contributed by atoms with Crippen molar-refractivity contribution < 1.29 is 18.0 Å². The van der Waals surface area contributed by atoms with Gasteiger partial charge in [0.2, 0.25) is 0 Å². The topological polar surface area (TPSA) is 48.1 Å². The Balaban J connectivity index is 1.57. The Morgan fingerprint density at radius 2 is 1.71 bits per heavy atom. The van der Waals surface area contributed by atoms with Gasteiger partial charge in [0.15, 0.2) is 0 Å². The highest BCUT2D eigenvalue weighted by Gasteiger charge is 2.34. The van der Waals surface area contributed by atoms with Crippen LogP contribution in [-0.4, -0.2) is 22.5 Å². The fourth-order valence-electron chi connectivity index (χ4n) is 4.23. The van der Waals surface area contributed by atoms with Gasteiger partial charge in [0.05, 0.1) is 11.7 Å². The molecule has 1 aliphatic rings. The molecule has 0 unspecified atom stereocenters. The maximum absolute atomic E-state index is 14.1. The fourth-order valence-corrected chi connectivity index (χ4v) is 4.23. The smallest absolute Gasteiger partial charge is 0.322 e. The van der Waals surface area contributed by atoms with E-state index in [2.05, 4.69) is 10.3 Å². The number of fused-ring (bicyclic) bond motifs is 3. The van der Waals surface area contributed by atoms with Gasteiger partial charge in [0.1, 0.15) is 17.5 Å². The molecule has 2 heterocycles. The molecule has 5 rings (SSSR count). The summed E-state index contributed by atoms with van der Waals surface area (Å²) in [6.45, 7) is 0.380. The molecule has 0 radical (unpaired) electrons. The molecule has 31 heavy (non-hydrogen) atoms. The van der Waals surface area contributed by atoms with Crippen molar-refractivity contribution in [3.8, 4) is 0 Å². The van der Waals surface area contributed by atoms with Gasteiger partial charge in [-0.2, -0.15) is 0 Å². The summed E-state index contributed by atoms with van der Waals surface area (Å²) < 4.78 is 40.9. The van der Waals surface area contributed by atoms with E-state index < -0.39 is 23.7 Å². The molecule has 1 aliphatic heterocycles. The van der Waals surface area contributed by atoms with Crippen LogP contribution in [0.4, 0.5) is 23.7 Å². The average Bonchev–Trinajstić information content (AvgIpc) is 3.14. The Labute approximate surface area is 176 Å². The number of H-pyrrole nitrogens is 1. The molecule has 2 N–H and O–H groups in total. The van der Waals surface area contributed by atoms with Crippen molar-refractivity contribution in [1.29, 1.82) is 0 Å². The monoisotopic (exact) mass is 421 g/mol. The maximum Gasteiger partial charge on any atom is 0.322 e. The summed E-state index contributed by atoms with van der Waals surface area (Å²) in [5, 5.41) is 3.62. The quantitative estimate of drug-likeness (QED) is 0.424. The molecule has 4 aromatic rings. The number of urea groups is 1. The Kier molecular flexibility index (Phi) is 4.66. The first-order chi connectivity index (χ1) is 15.0. The minimum atomic E-state index is -0.852. The molecule has 0 saturated carbocycles. The predicted molar refractivity (Wildman–Crippen MR) is 112 cm³/mol. The van der Waals surface area contributed by atoms with Gasteiger partial charge in [-0.1, -0.05) is 30.3 Å². The Hall–Kier alpha value is -3.74. The van der Waals surface area contributed by atoms with Gasteiger partial charge >= 0.3 is 6.03 Å². The SMILES string of the molecule is O=C(Nc1ccc(F)cc1F)N1CCc2c([nH]c3ccccc23)[C@@H]1c1ccc(F)cc1. The van der Waals surface area contributed by atoms with E-state index in [-0.39, 0.29) is 11.5 Å².